The van der Waals surface area contributed by atoms with Gasteiger partial charge >= 0.3 is 12.1 Å². The van der Waals surface area contributed by atoms with Gasteiger partial charge in [-0.2, -0.15) is 4.98 Å². The molecule has 0 radical (unpaired) electrons. The number of hydrogen-bond donors (Lipinski definition) is 2. The molecule has 2 aromatic heterocycles. The number of hydrogen-bond acceptors (Lipinski definition) is 8. The van der Waals surface area contributed by atoms with Crippen LogP contribution in [-0.2, 0) is 19.1 Å². The fourth-order valence-corrected chi connectivity index (χ4v) is 5.05. The third kappa shape index (κ3) is 6.64. The number of benzene rings is 2. The number of aromatic nitrogens is 4. The lowest BCUT2D eigenvalue weighted by atomic mass is 10.0. The molecule has 2 atom stereocenters. The average Bonchev–Trinajstić information content (AvgIpc) is 3.61. The Balaban J connectivity index is 1.48. The van der Waals surface area contributed by atoms with Crippen molar-refractivity contribution < 1.29 is 23.9 Å². The Bertz CT molecular complexity index is 1670. The van der Waals surface area contributed by atoms with Gasteiger partial charge in [0.15, 0.2) is 17.3 Å². The van der Waals surface area contributed by atoms with E-state index >= 15 is 0 Å². The van der Waals surface area contributed by atoms with Gasteiger partial charge in [-0.1, -0.05) is 74.5 Å². The van der Waals surface area contributed by atoms with Crippen LogP contribution in [0.25, 0.3) is 11.2 Å². The molecule has 3 heterocycles. The molecule has 1 fully saturated rings. The van der Waals surface area contributed by atoms with Crippen LogP contribution in [0.15, 0.2) is 71.8 Å². The summed E-state index contributed by atoms with van der Waals surface area (Å²) in [5.74, 6) is -1.27. The lowest BCUT2D eigenvalue weighted by Gasteiger charge is -2.28. The summed E-state index contributed by atoms with van der Waals surface area (Å²) < 4.78 is 13.5. The van der Waals surface area contributed by atoms with Gasteiger partial charge in [0.2, 0.25) is 11.9 Å². The number of carbonyl (C=O) groups is 3. The van der Waals surface area contributed by atoms with Crippen LogP contribution in [0, 0.1) is 5.92 Å². The van der Waals surface area contributed by atoms with Gasteiger partial charge in [-0.15, -0.1) is 0 Å². The predicted molar refractivity (Wildman–Crippen MR) is 163 cm³/mol. The van der Waals surface area contributed by atoms with Gasteiger partial charge in [0, 0.05) is 18.9 Å². The summed E-state index contributed by atoms with van der Waals surface area (Å²) in [7, 11) is 0. The number of nitrogens with one attached hydrogen (secondary N) is 2. The van der Waals surface area contributed by atoms with Gasteiger partial charge < -0.3 is 14.0 Å². The minimum absolute atomic E-state index is 0.0190. The van der Waals surface area contributed by atoms with E-state index in [4.69, 9.17) is 9.47 Å². The molecule has 1 aliphatic rings. The standard InChI is InChI=1S/C32H36N6O6/c1-19(2)27(39)35-30-34-26-24(28(40)36-30)33-18-38(26)22-16-23(37(17-22)31(42)44-32(3,4)5)29(41)43-25(20-12-8-6-9-13-20)21-14-10-7-11-15-21/h6-15,18-19,22-23,25H,16-17H2,1-5H3,(H2,34,35,36,39,40)/t22?,23-/m1/s1. The van der Waals surface area contributed by atoms with E-state index in [0.717, 1.165) is 11.1 Å². The van der Waals surface area contributed by atoms with E-state index in [0.29, 0.717) is 0 Å². The molecule has 1 saturated heterocycles. The van der Waals surface area contributed by atoms with E-state index in [-0.39, 0.29) is 41.9 Å². The van der Waals surface area contributed by atoms with Crippen molar-refractivity contribution in [3.8, 4) is 0 Å². The molecule has 230 valence electrons. The Hall–Kier alpha value is -5.00. The zero-order valence-electron chi connectivity index (χ0n) is 25.3. The SMILES string of the molecule is CC(C)C(=O)Nc1nc2c(ncn2C2C[C@H](C(=O)OC(c3ccccc3)c3ccccc3)N(C(=O)OC(C)(C)C)C2)c(=O)[nH]1. The molecule has 1 unspecified atom stereocenters. The summed E-state index contributed by atoms with van der Waals surface area (Å²) in [6.45, 7) is 8.76. The van der Waals surface area contributed by atoms with Crippen molar-refractivity contribution in [1.29, 1.82) is 0 Å². The molecule has 4 aromatic rings. The first-order valence-electron chi connectivity index (χ1n) is 14.5. The van der Waals surface area contributed by atoms with Crippen LogP contribution < -0.4 is 10.9 Å². The zero-order valence-corrected chi connectivity index (χ0v) is 25.3. The molecule has 5 rings (SSSR count). The van der Waals surface area contributed by atoms with Crippen LogP contribution in [0.1, 0.15) is 64.3 Å². The van der Waals surface area contributed by atoms with Crippen molar-refractivity contribution in [1.82, 2.24) is 24.4 Å². The molecule has 2 N–H and O–H groups in total. The number of nitrogens with zero attached hydrogens (tertiary/aromatic N) is 4. The van der Waals surface area contributed by atoms with E-state index in [1.54, 1.807) is 39.2 Å². The second-order valence-electron chi connectivity index (χ2n) is 12.1. The Morgan fingerprint density at radius 3 is 2.18 bits per heavy atom. The van der Waals surface area contributed by atoms with Crippen LogP contribution in [0.2, 0.25) is 0 Å². The maximum absolute atomic E-state index is 13.9. The largest absolute Gasteiger partial charge is 0.451 e. The number of fused-ring (bicyclic) bond motifs is 1. The first kappa shape index (κ1) is 30.5. The van der Waals surface area contributed by atoms with Crippen LogP contribution in [-0.4, -0.2) is 60.6 Å². The quantitative estimate of drug-likeness (QED) is 0.293. The maximum atomic E-state index is 13.9. The number of aromatic amines is 1. The molecule has 0 spiro atoms. The number of ether oxygens (including phenoxy) is 2. The van der Waals surface area contributed by atoms with E-state index < -0.39 is 41.4 Å². The number of imidazole rings is 1. The molecule has 44 heavy (non-hydrogen) atoms. The molecular formula is C32H36N6O6. The zero-order chi connectivity index (χ0) is 31.6. The summed E-state index contributed by atoms with van der Waals surface area (Å²) in [4.78, 5) is 65.0. The van der Waals surface area contributed by atoms with Gasteiger partial charge in [-0.25, -0.2) is 14.6 Å². The smallest absolute Gasteiger partial charge is 0.411 e. The molecule has 0 bridgehead atoms. The minimum atomic E-state index is -0.996. The second-order valence-corrected chi connectivity index (χ2v) is 12.1. The summed E-state index contributed by atoms with van der Waals surface area (Å²) in [5, 5.41) is 2.61. The van der Waals surface area contributed by atoms with Crippen LogP contribution in [0.4, 0.5) is 10.7 Å². The summed E-state index contributed by atoms with van der Waals surface area (Å²) >= 11 is 0. The number of amides is 2. The normalized spacial score (nSPS) is 16.8. The number of H-pyrrole nitrogens is 1. The van der Waals surface area contributed by atoms with Crippen LogP contribution in [0.5, 0.6) is 0 Å². The number of rotatable bonds is 7. The molecule has 0 aliphatic carbocycles. The Labute approximate surface area is 254 Å². The van der Waals surface area contributed by atoms with Gasteiger partial charge in [0.25, 0.3) is 5.56 Å². The van der Waals surface area contributed by atoms with Gasteiger partial charge in [0.05, 0.1) is 12.4 Å². The molecule has 2 amide bonds. The monoisotopic (exact) mass is 600 g/mol. The molecule has 0 saturated carbocycles. The van der Waals surface area contributed by atoms with Gasteiger partial charge in [-0.3, -0.25) is 24.8 Å². The van der Waals surface area contributed by atoms with Gasteiger partial charge in [-0.05, 0) is 31.9 Å². The van der Waals surface area contributed by atoms with Crippen LogP contribution >= 0.6 is 0 Å². The predicted octanol–water partition coefficient (Wildman–Crippen LogP) is 4.60. The molecular weight excluding hydrogens is 564 g/mol. The lowest BCUT2D eigenvalue weighted by molar-refractivity contribution is -0.152. The summed E-state index contributed by atoms with van der Waals surface area (Å²) in [5.41, 5.74) is 0.508. The summed E-state index contributed by atoms with van der Waals surface area (Å²) in [6, 6.07) is 17.3. The topological polar surface area (TPSA) is 149 Å². The number of anilines is 1. The lowest BCUT2D eigenvalue weighted by Crippen LogP contribution is -2.44. The van der Waals surface area contributed by atoms with Crippen LogP contribution in [0.3, 0.4) is 0 Å². The number of esters is 1. The Morgan fingerprint density at radius 2 is 1.61 bits per heavy atom. The van der Waals surface area contributed by atoms with Crippen molar-refractivity contribution in [2.75, 3.05) is 11.9 Å². The van der Waals surface area contributed by atoms with E-state index in [9.17, 15) is 19.2 Å². The van der Waals surface area contributed by atoms with E-state index in [2.05, 4.69) is 20.3 Å². The fourth-order valence-electron chi connectivity index (χ4n) is 5.05. The Kier molecular flexibility index (Phi) is 8.52. The first-order valence-corrected chi connectivity index (χ1v) is 14.5. The van der Waals surface area contributed by atoms with Crippen molar-refractivity contribution >= 4 is 35.1 Å². The van der Waals surface area contributed by atoms with E-state index in [1.807, 2.05) is 60.7 Å². The van der Waals surface area contributed by atoms with Crippen molar-refractivity contribution in [2.45, 2.75) is 64.8 Å². The van der Waals surface area contributed by atoms with Crippen molar-refractivity contribution in [2.24, 2.45) is 5.92 Å². The third-order valence-electron chi connectivity index (χ3n) is 7.21. The van der Waals surface area contributed by atoms with Gasteiger partial charge in [0.1, 0.15) is 11.6 Å². The average molecular weight is 601 g/mol. The molecule has 12 heteroatoms. The maximum Gasteiger partial charge on any atom is 0.411 e. The van der Waals surface area contributed by atoms with Crippen molar-refractivity contribution in [3.05, 3.63) is 88.5 Å². The fraction of sp³-hybridized carbons (Fsp3) is 0.375. The minimum Gasteiger partial charge on any atom is -0.451 e. The number of likely N-dealkylation sites (tertiary alicyclic amines) is 1. The Morgan fingerprint density at radius 1 is 1.00 bits per heavy atom. The highest BCUT2D eigenvalue weighted by Gasteiger charge is 2.44. The first-order chi connectivity index (χ1) is 20.9. The third-order valence-corrected chi connectivity index (χ3v) is 7.21. The highest BCUT2D eigenvalue weighted by Crippen LogP contribution is 2.34. The summed E-state index contributed by atoms with van der Waals surface area (Å²) in [6.07, 6.45) is 0.231. The highest BCUT2D eigenvalue weighted by atomic mass is 16.6. The second kappa shape index (κ2) is 12.3. The molecule has 1 aliphatic heterocycles. The van der Waals surface area contributed by atoms with Crippen molar-refractivity contribution in [3.63, 3.8) is 0 Å². The molecule has 2 aromatic carbocycles. The highest BCUT2D eigenvalue weighted by molar-refractivity contribution is 5.91. The van der Waals surface area contributed by atoms with E-state index in [1.165, 1.54) is 11.2 Å². The molecule has 12 nitrogen and oxygen atoms in total. The number of carbonyl (C=O) groups excluding carboxylic acids is 3.